The number of aryl methyl sites for hydroxylation is 1. The molecule has 0 bridgehead atoms. The molecule has 1 N–H and O–H groups in total. The van der Waals surface area contributed by atoms with E-state index >= 15 is 0 Å². The molecule has 15 heavy (non-hydrogen) atoms. The first kappa shape index (κ1) is 12.1. The molecule has 0 heterocycles. The van der Waals surface area contributed by atoms with Crippen molar-refractivity contribution in [2.75, 3.05) is 17.3 Å². The molecule has 1 aromatic rings. The Balaban J connectivity index is 2.52. The minimum absolute atomic E-state index is 0.0609. The van der Waals surface area contributed by atoms with Gasteiger partial charge in [0.2, 0.25) is 5.91 Å². The zero-order chi connectivity index (χ0) is 11.1. The molecule has 1 aromatic carbocycles. The SMILES string of the molecule is CCCc1ccc(NC(=O)CSC)cc1. The first-order valence-corrected chi connectivity index (χ1v) is 6.53. The number of carbonyl (C=O) groups is 1. The highest BCUT2D eigenvalue weighted by molar-refractivity contribution is 7.99. The van der Waals surface area contributed by atoms with Crippen molar-refractivity contribution in [1.82, 2.24) is 0 Å². The Labute approximate surface area is 95.5 Å². The summed E-state index contributed by atoms with van der Waals surface area (Å²) in [4.78, 5) is 11.3. The lowest BCUT2D eigenvalue weighted by molar-refractivity contribution is -0.113. The molecule has 0 aliphatic rings. The average Bonchev–Trinajstić information content (AvgIpc) is 2.22. The van der Waals surface area contributed by atoms with Gasteiger partial charge in [0.1, 0.15) is 0 Å². The Morgan fingerprint density at radius 2 is 2.00 bits per heavy atom. The molecule has 0 saturated heterocycles. The van der Waals surface area contributed by atoms with Crippen LogP contribution in [0.1, 0.15) is 18.9 Å². The van der Waals surface area contributed by atoms with Crippen LogP contribution in [-0.2, 0) is 11.2 Å². The summed E-state index contributed by atoms with van der Waals surface area (Å²) >= 11 is 1.53. The molecule has 0 aliphatic carbocycles. The standard InChI is InChI=1S/C12H17NOS/c1-3-4-10-5-7-11(8-6-10)13-12(14)9-15-2/h5-8H,3-4,9H2,1-2H3,(H,13,14). The van der Waals surface area contributed by atoms with Gasteiger partial charge in [0.25, 0.3) is 0 Å². The maximum absolute atomic E-state index is 11.3. The first-order chi connectivity index (χ1) is 7.26. The van der Waals surface area contributed by atoms with Gasteiger partial charge in [-0.1, -0.05) is 25.5 Å². The molecule has 0 spiro atoms. The number of hydrogen-bond donors (Lipinski definition) is 1. The number of carbonyl (C=O) groups excluding carboxylic acids is 1. The van der Waals surface area contributed by atoms with Gasteiger partial charge in [0.05, 0.1) is 5.75 Å². The van der Waals surface area contributed by atoms with Gasteiger partial charge in [0.15, 0.2) is 0 Å². The predicted molar refractivity (Wildman–Crippen MR) is 67.4 cm³/mol. The van der Waals surface area contributed by atoms with Crippen molar-refractivity contribution < 1.29 is 4.79 Å². The Morgan fingerprint density at radius 3 is 2.53 bits per heavy atom. The predicted octanol–water partition coefficient (Wildman–Crippen LogP) is 2.94. The van der Waals surface area contributed by atoms with Crippen molar-refractivity contribution in [2.45, 2.75) is 19.8 Å². The quantitative estimate of drug-likeness (QED) is 0.831. The molecule has 0 unspecified atom stereocenters. The maximum Gasteiger partial charge on any atom is 0.234 e. The Bertz CT molecular complexity index is 308. The van der Waals surface area contributed by atoms with Gasteiger partial charge < -0.3 is 5.32 Å². The van der Waals surface area contributed by atoms with E-state index in [1.165, 1.54) is 17.3 Å². The van der Waals surface area contributed by atoms with Crippen LogP contribution in [0.15, 0.2) is 24.3 Å². The van der Waals surface area contributed by atoms with Gasteiger partial charge in [0, 0.05) is 5.69 Å². The van der Waals surface area contributed by atoms with Gasteiger partial charge in [-0.3, -0.25) is 4.79 Å². The number of amides is 1. The summed E-state index contributed by atoms with van der Waals surface area (Å²) in [7, 11) is 0. The van der Waals surface area contributed by atoms with Crippen molar-refractivity contribution in [3.63, 3.8) is 0 Å². The topological polar surface area (TPSA) is 29.1 Å². The fraction of sp³-hybridized carbons (Fsp3) is 0.417. The van der Waals surface area contributed by atoms with Crippen molar-refractivity contribution in [1.29, 1.82) is 0 Å². The summed E-state index contributed by atoms with van der Waals surface area (Å²) in [6.07, 6.45) is 4.17. The molecule has 0 aromatic heterocycles. The molecule has 1 amide bonds. The lowest BCUT2D eigenvalue weighted by Gasteiger charge is -2.05. The monoisotopic (exact) mass is 223 g/mol. The number of rotatable bonds is 5. The number of benzene rings is 1. The summed E-state index contributed by atoms with van der Waals surface area (Å²) in [6.45, 7) is 2.16. The number of anilines is 1. The van der Waals surface area contributed by atoms with Gasteiger partial charge in [-0.25, -0.2) is 0 Å². The highest BCUT2D eigenvalue weighted by Gasteiger charge is 2.00. The van der Waals surface area contributed by atoms with Gasteiger partial charge >= 0.3 is 0 Å². The molecule has 2 nitrogen and oxygen atoms in total. The zero-order valence-electron chi connectivity index (χ0n) is 9.25. The summed E-state index contributed by atoms with van der Waals surface area (Å²) in [5, 5.41) is 2.85. The third-order valence-corrected chi connectivity index (χ3v) is 2.60. The molecule has 0 radical (unpaired) electrons. The van der Waals surface area contributed by atoms with E-state index in [0.29, 0.717) is 5.75 Å². The fourth-order valence-electron chi connectivity index (χ4n) is 1.37. The Hall–Kier alpha value is -0.960. The Morgan fingerprint density at radius 1 is 1.33 bits per heavy atom. The molecular weight excluding hydrogens is 206 g/mol. The fourth-order valence-corrected chi connectivity index (χ4v) is 1.71. The highest BCUT2D eigenvalue weighted by atomic mass is 32.2. The van der Waals surface area contributed by atoms with Crippen molar-refractivity contribution in [3.8, 4) is 0 Å². The minimum atomic E-state index is 0.0609. The van der Waals surface area contributed by atoms with Crippen molar-refractivity contribution >= 4 is 23.4 Å². The minimum Gasteiger partial charge on any atom is -0.325 e. The molecule has 0 atom stereocenters. The van der Waals surface area contributed by atoms with Crippen LogP contribution in [0, 0.1) is 0 Å². The van der Waals surface area contributed by atoms with E-state index in [4.69, 9.17) is 0 Å². The second-order valence-corrected chi connectivity index (χ2v) is 4.29. The third kappa shape index (κ3) is 4.38. The van der Waals surface area contributed by atoms with Crippen LogP contribution < -0.4 is 5.32 Å². The van der Waals surface area contributed by atoms with E-state index in [1.54, 1.807) is 0 Å². The van der Waals surface area contributed by atoms with Crippen LogP contribution in [0.2, 0.25) is 0 Å². The summed E-state index contributed by atoms with van der Waals surface area (Å²) in [5.41, 5.74) is 2.20. The van der Waals surface area contributed by atoms with Gasteiger partial charge in [-0.15, -0.1) is 0 Å². The largest absolute Gasteiger partial charge is 0.325 e. The lowest BCUT2D eigenvalue weighted by atomic mass is 10.1. The Kier molecular flexibility index (Phi) is 5.26. The van der Waals surface area contributed by atoms with E-state index in [-0.39, 0.29) is 5.91 Å². The molecule has 3 heteroatoms. The molecule has 0 fully saturated rings. The van der Waals surface area contributed by atoms with E-state index in [1.807, 2.05) is 18.4 Å². The first-order valence-electron chi connectivity index (χ1n) is 5.14. The van der Waals surface area contributed by atoms with Crippen molar-refractivity contribution in [2.24, 2.45) is 0 Å². The van der Waals surface area contributed by atoms with E-state index < -0.39 is 0 Å². The summed E-state index contributed by atoms with van der Waals surface area (Å²) < 4.78 is 0. The second kappa shape index (κ2) is 6.51. The number of thioether (sulfide) groups is 1. The highest BCUT2D eigenvalue weighted by Crippen LogP contribution is 2.11. The summed E-state index contributed by atoms with van der Waals surface area (Å²) in [5.74, 6) is 0.571. The maximum atomic E-state index is 11.3. The normalized spacial score (nSPS) is 10.0. The smallest absolute Gasteiger partial charge is 0.234 e. The molecule has 0 saturated carbocycles. The van der Waals surface area contributed by atoms with Gasteiger partial charge in [-0.05, 0) is 30.4 Å². The van der Waals surface area contributed by atoms with E-state index in [2.05, 4.69) is 24.4 Å². The van der Waals surface area contributed by atoms with Crippen LogP contribution in [0.25, 0.3) is 0 Å². The molecular formula is C12H17NOS. The third-order valence-electron chi connectivity index (χ3n) is 2.05. The summed E-state index contributed by atoms with van der Waals surface area (Å²) in [6, 6.07) is 8.06. The number of nitrogens with one attached hydrogen (secondary N) is 1. The van der Waals surface area contributed by atoms with Crippen LogP contribution in [-0.4, -0.2) is 17.9 Å². The zero-order valence-corrected chi connectivity index (χ0v) is 10.1. The number of hydrogen-bond acceptors (Lipinski definition) is 2. The molecule has 82 valence electrons. The van der Waals surface area contributed by atoms with Crippen LogP contribution >= 0.6 is 11.8 Å². The van der Waals surface area contributed by atoms with Gasteiger partial charge in [-0.2, -0.15) is 11.8 Å². The van der Waals surface area contributed by atoms with Crippen LogP contribution in [0.5, 0.6) is 0 Å². The van der Waals surface area contributed by atoms with Crippen molar-refractivity contribution in [3.05, 3.63) is 29.8 Å². The molecule has 0 aliphatic heterocycles. The van der Waals surface area contributed by atoms with Crippen LogP contribution in [0.4, 0.5) is 5.69 Å². The average molecular weight is 223 g/mol. The molecule has 1 rings (SSSR count). The van der Waals surface area contributed by atoms with Crippen LogP contribution in [0.3, 0.4) is 0 Å². The van der Waals surface area contributed by atoms with E-state index in [0.717, 1.165) is 18.5 Å². The lowest BCUT2D eigenvalue weighted by Crippen LogP contribution is -2.13. The van der Waals surface area contributed by atoms with E-state index in [9.17, 15) is 4.79 Å². The second-order valence-electron chi connectivity index (χ2n) is 3.43.